The number of amides is 1. The van der Waals surface area contributed by atoms with Crippen molar-refractivity contribution in [1.82, 2.24) is 10.2 Å². The number of ether oxygens (including phenoxy) is 1. The predicted octanol–water partition coefficient (Wildman–Crippen LogP) is 5.04. The van der Waals surface area contributed by atoms with Crippen LogP contribution in [0, 0.1) is 0 Å². The molecule has 1 aliphatic rings. The SMILES string of the molecule is CCCN1C(=O)/C(=C/c2ccc(OCc3ccc(Cl)cc3Cl)cc2)NC1=S. The van der Waals surface area contributed by atoms with Gasteiger partial charge in [-0.1, -0.05) is 48.3 Å². The molecule has 1 heterocycles. The van der Waals surface area contributed by atoms with Crippen LogP contribution in [0.4, 0.5) is 0 Å². The van der Waals surface area contributed by atoms with Gasteiger partial charge in [-0.2, -0.15) is 0 Å². The summed E-state index contributed by atoms with van der Waals surface area (Å²) in [4.78, 5) is 13.9. The quantitative estimate of drug-likeness (QED) is 0.524. The standard InChI is InChI=1S/C20H18Cl2N2O2S/c1-2-9-24-19(25)18(23-20(24)27)10-13-3-7-16(8-4-13)26-12-14-5-6-15(21)11-17(14)22/h3-8,10-11H,2,9,12H2,1H3,(H,23,27)/b18-10-. The molecule has 1 fully saturated rings. The summed E-state index contributed by atoms with van der Waals surface area (Å²) in [7, 11) is 0. The van der Waals surface area contributed by atoms with Crippen LogP contribution in [0.2, 0.25) is 10.0 Å². The zero-order valence-corrected chi connectivity index (χ0v) is 17.0. The molecule has 0 bridgehead atoms. The fourth-order valence-corrected chi connectivity index (χ4v) is 3.37. The van der Waals surface area contributed by atoms with Crippen LogP contribution in [-0.2, 0) is 11.4 Å². The smallest absolute Gasteiger partial charge is 0.276 e. The molecule has 0 aliphatic carbocycles. The molecule has 0 radical (unpaired) electrons. The first-order chi connectivity index (χ1) is 13.0. The highest BCUT2D eigenvalue weighted by atomic mass is 35.5. The molecule has 0 saturated carbocycles. The predicted molar refractivity (Wildman–Crippen MR) is 113 cm³/mol. The fourth-order valence-electron chi connectivity index (χ4n) is 2.63. The number of hydrogen-bond donors (Lipinski definition) is 1. The number of thiocarbonyl (C=S) groups is 1. The van der Waals surface area contributed by atoms with E-state index in [2.05, 4.69) is 5.32 Å². The van der Waals surface area contributed by atoms with Gasteiger partial charge in [0.25, 0.3) is 5.91 Å². The molecule has 0 atom stereocenters. The van der Waals surface area contributed by atoms with Crippen LogP contribution in [0.3, 0.4) is 0 Å². The Morgan fingerprint density at radius 2 is 1.93 bits per heavy atom. The Morgan fingerprint density at radius 3 is 2.59 bits per heavy atom. The molecule has 3 rings (SSSR count). The van der Waals surface area contributed by atoms with E-state index < -0.39 is 0 Å². The lowest BCUT2D eigenvalue weighted by Crippen LogP contribution is -2.31. The second kappa shape index (κ2) is 8.74. The highest BCUT2D eigenvalue weighted by Crippen LogP contribution is 2.23. The van der Waals surface area contributed by atoms with Crippen LogP contribution in [-0.4, -0.2) is 22.5 Å². The van der Waals surface area contributed by atoms with Crippen molar-refractivity contribution in [3.8, 4) is 5.75 Å². The summed E-state index contributed by atoms with van der Waals surface area (Å²) in [5.74, 6) is 0.608. The number of benzene rings is 2. The number of rotatable bonds is 6. The molecule has 1 saturated heterocycles. The maximum Gasteiger partial charge on any atom is 0.276 e. The molecule has 2 aromatic carbocycles. The third-order valence-corrected chi connectivity index (χ3v) is 4.92. The second-order valence-electron chi connectivity index (χ2n) is 6.04. The first-order valence-electron chi connectivity index (χ1n) is 8.49. The van der Waals surface area contributed by atoms with Gasteiger partial charge in [-0.05, 0) is 54.5 Å². The normalized spacial score (nSPS) is 15.4. The summed E-state index contributed by atoms with van der Waals surface area (Å²) < 4.78 is 5.77. The van der Waals surface area contributed by atoms with Crippen LogP contribution < -0.4 is 10.1 Å². The van der Waals surface area contributed by atoms with E-state index in [9.17, 15) is 4.79 Å². The summed E-state index contributed by atoms with van der Waals surface area (Å²) in [5, 5.41) is 4.59. The van der Waals surface area contributed by atoms with Gasteiger partial charge in [-0.15, -0.1) is 0 Å². The molecule has 27 heavy (non-hydrogen) atoms. The van der Waals surface area contributed by atoms with Gasteiger partial charge < -0.3 is 10.1 Å². The largest absolute Gasteiger partial charge is 0.489 e. The molecule has 0 unspecified atom stereocenters. The molecule has 7 heteroatoms. The van der Waals surface area contributed by atoms with Gasteiger partial charge in [0, 0.05) is 22.2 Å². The summed E-state index contributed by atoms with van der Waals surface area (Å²) in [5.41, 5.74) is 2.22. The number of carbonyl (C=O) groups is 1. The Bertz CT molecular complexity index is 897. The van der Waals surface area contributed by atoms with Crippen molar-refractivity contribution < 1.29 is 9.53 Å². The van der Waals surface area contributed by atoms with Gasteiger partial charge in [0.05, 0.1) is 0 Å². The van der Waals surface area contributed by atoms with Crippen LogP contribution in [0.15, 0.2) is 48.2 Å². The molecule has 0 spiro atoms. The van der Waals surface area contributed by atoms with Crippen molar-refractivity contribution >= 4 is 52.5 Å². The number of hydrogen-bond acceptors (Lipinski definition) is 3. The minimum absolute atomic E-state index is 0.0976. The number of carbonyl (C=O) groups excluding carboxylic acids is 1. The average molecular weight is 421 g/mol. The maximum absolute atomic E-state index is 12.4. The van der Waals surface area contributed by atoms with Crippen molar-refractivity contribution in [2.24, 2.45) is 0 Å². The fraction of sp³-hybridized carbons (Fsp3) is 0.200. The van der Waals surface area contributed by atoms with Gasteiger partial charge in [0.15, 0.2) is 5.11 Å². The van der Waals surface area contributed by atoms with E-state index in [1.807, 2.05) is 37.3 Å². The first kappa shape index (κ1) is 19.7. The lowest BCUT2D eigenvalue weighted by Gasteiger charge is -2.11. The van der Waals surface area contributed by atoms with Gasteiger partial charge >= 0.3 is 0 Å². The Hall–Kier alpha value is -2.08. The van der Waals surface area contributed by atoms with Crippen LogP contribution in [0.25, 0.3) is 6.08 Å². The zero-order chi connectivity index (χ0) is 19.4. The van der Waals surface area contributed by atoms with Crippen molar-refractivity contribution in [2.45, 2.75) is 20.0 Å². The van der Waals surface area contributed by atoms with E-state index in [-0.39, 0.29) is 5.91 Å². The second-order valence-corrected chi connectivity index (χ2v) is 7.27. The van der Waals surface area contributed by atoms with Crippen molar-refractivity contribution in [1.29, 1.82) is 0 Å². The molecule has 4 nitrogen and oxygen atoms in total. The van der Waals surface area contributed by atoms with Gasteiger partial charge in [-0.25, -0.2) is 0 Å². The Balaban J connectivity index is 1.65. The maximum atomic E-state index is 12.4. The van der Waals surface area contributed by atoms with E-state index in [0.717, 1.165) is 17.5 Å². The summed E-state index contributed by atoms with van der Waals surface area (Å²) in [6.45, 7) is 2.96. The van der Waals surface area contributed by atoms with E-state index in [0.29, 0.717) is 39.8 Å². The van der Waals surface area contributed by atoms with Crippen molar-refractivity contribution in [2.75, 3.05) is 6.54 Å². The molecule has 0 aromatic heterocycles. The van der Waals surface area contributed by atoms with Crippen LogP contribution >= 0.6 is 35.4 Å². The van der Waals surface area contributed by atoms with Crippen LogP contribution in [0.5, 0.6) is 5.75 Å². The lowest BCUT2D eigenvalue weighted by molar-refractivity contribution is -0.122. The first-order valence-corrected chi connectivity index (χ1v) is 9.65. The highest BCUT2D eigenvalue weighted by molar-refractivity contribution is 7.80. The van der Waals surface area contributed by atoms with Gasteiger partial charge in [-0.3, -0.25) is 9.69 Å². The number of halogens is 2. The monoisotopic (exact) mass is 420 g/mol. The summed E-state index contributed by atoms with van der Waals surface area (Å²) in [6, 6.07) is 12.8. The molecule has 140 valence electrons. The van der Waals surface area contributed by atoms with E-state index in [1.165, 1.54) is 0 Å². The van der Waals surface area contributed by atoms with E-state index >= 15 is 0 Å². The van der Waals surface area contributed by atoms with Gasteiger partial charge in [0.2, 0.25) is 0 Å². The molecule has 1 N–H and O–H groups in total. The van der Waals surface area contributed by atoms with Gasteiger partial charge in [0.1, 0.15) is 18.1 Å². The summed E-state index contributed by atoms with van der Waals surface area (Å²) >= 11 is 17.3. The third kappa shape index (κ3) is 4.80. The number of nitrogens with zero attached hydrogens (tertiary/aromatic N) is 1. The van der Waals surface area contributed by atoms with E-state index in [4.69, 9.17) is 40.2 Å². The summed E-state index contributed by atoms with van der Waals surface area (Å²) in [6.07, 6.45) is 2.63. The topological polar surface area (TPSA) is 41.6 Å². The Kier molecular flexibility index (Phi) is 6.37. The molecule has 2 aromatic rings. The van der Waals surface area contributed by atoms with Crippen molar-refractivity contribution in [3.05, 3.63) is 69.3 Å². The lowest BCUT2D eigenvalue weighted by atomic mass is 10.2. The molecule has 1 amide bonds. The Morgan fingerprint density at radius 1 is 1.19 bits per heavy atom. The van der Waals surface area contributed by atoms with Crippen molar-refractivity contribution in [3.63, 3.8) is 0 Å². The van der Waals surface area contributed by atoms with Crippen LogP contribution in [0.1, 0.15) is 24.5 Å². The Labute approximate surface area is 173 Å². The highest BCUT2D eigenvalue weighted by Gasteiger charge is 2.29. The minimum atomic E-state index is -0.0976. The average Bonchev–Trinajstić information content (AvgIpc) is 2.90. The molecule has 1 aliphatic heterocycles. The molecular weight excluding hydrogens is 403 g/mol. The minimum Gasteiger partial charge on any atom is -0.489 e. The van der Waals surface area contributed by atoms with E-state index in [1.54, 1.807) is 23.1 Å². The molecular formula is C20H18Cl2N2O2S. The third-order valence-electron chi connectivity index (χ3n) is 4.01. The zero-order valence-electron chi connectivity index (χ0n) is 14.7. The number of nitrogens with one attached hydrogen (secondary N) is 1.